The van der Waals surface area contributed by atoms with Crippen LogP contribution < -0.4 is 5.32 Å². The third-order valence-electron chi connectivity index (χ3n) is 3.40. The lowest BCUT2D eigenvalue weighted by molar-refractivity contribution is 1.22. The topological polar surface area (TPSA) is 37.8 Å². The third-order valence-corrected chi connectivity index (χ3v) is 5.37. The van der Waals surface area contributed by atoms with Crippen molar-refractivity contribution in [2.45, 2.75) is 20.8 Å². The van der Waals surface area contributed by atoms with E-state index >= 15 is 0 Å². The summed E-state index contributed by atoms with van der Waals surface area (Å²) in [6, 6.07) is 6.21. The summed E-state index contributed by atoms with van der Waals surface area (Å²) in [4.78, 5) is 11.1. The van der Waals surface area contributed by atoms with Gasteiger partial charge >= 0.3 is 0 Å². The standard InChI is InChI=1S/C15H14BrN3S/c1-8-4-5-11(6-12(8)16)19-14-13-9(2)10(3)20-15(13)18-7-17-14/h4-7H,1-3H3,(H,17,18,19). The van der Waals surface area contributed by atoms with Gasteiger partial charge in [-0.3, -0.25) is 0 Å². The van der Waals surface area contributed by atoms with Crippen LogP contribution in [0.4, 0.5) is 11.5 Å². The fourth-order valence-corrected chi connectivity index (χ4v) is 3.46. The molecule has 0 fully saturated rings. The first-order valence-electron chi connectivity index (χ1n) is 6.30. The van der Waals surface area contributed by atoms with Crippen molar-refractivity contribution in [3.8, 4) is 0 Å². The Labute approximate surface area is 130 Å². The molecule has 3 rings (SSSR count). The molecular formula is C15H14BrN3S. The summed E-state index contributed by atoms with van der Waals surface area (Å²) in [5.74, 6) is 0.868. The number of thiophene rings is 1. The Morgan fingerprint density at radius 1 is 1.15 bits per heavy atom. The van der Waals surface area contributed by atoms with Crippen LogP contribution in [0.2, 0.25) is 0 Å². The van der Waals surface area contributed by atoms with E-state index in [2.05, 4.69) is 70.2 Å². The van der Waals surface area contributed by atoms with E-state index in [1.54, 1.807) is 17.7 Å². The summed E-state index contributed by atoms with van der Waals surface area (Å²) < 4.78 is 1.09. The summed E-state index contributed by atoms with van der Waals surface area (Å²) in [5.41, 5.74) is 3.48. The molecule has 0 aliphatic carbocycles. The SMILES string of the molecule is Cc1ccc(Nc2ncnc3sc(C)c(C)c23)cc1Br. The van der Waals surface area contributed by atoms with Crippen LogP contribution in [-0.2, 0) is 0 Å². The number of halogens is 1. The van der Waals surface area contributed by atoms with Gasteiger partial charge in [-0.15, -0.1) is 11.3 Å². The Kier molecular flexibility index (Phi) is 3.48. The minimum Gasteiger partial charge on any atom is -0.340 e. The Hall–Kier alpha value is -1.46. The van der Waals surface area contributed by atoms with Crippen LogP contribution in [0, 0.1) is 20.8 Å². The highest BCUT2D eigenvalue weighted by molar-refractivity contribution is 9.10. The van der Waals surface area contributed by atoms with E-state index in [0.717, 1.165) is 26.2 Å². The minimum atomic E-state index is 0.868. The molecule has 3 aromatic rings. The second-order valence-electron chi connectivity index (χ2n) is 4.77. The number of aryl methyl sites for hydroxylation is 3. The lowest BCUT2D eigenvalue weighted by Gasteiger charge is -2.08. The van der Waals surface area contributed by atoms with Crippen LogP contribution in [0.15, 0.2) is 29.0 Å². The number of anilines is 2. The van der Waals surface area contributed by atoms with Crippen molar-refractivity contribution in [3.63, 3.8) is 0 Å². The average Bonchev–Trinajstić information content (AvgIpc) is 2.71. The first-order valence-corrected chi connectivity index (χ1v) is 7.91. The Morgan fingerprint density at radius 2 is 1.95 bits per heavy atom. The lowest BCUT2D eigenvalue weighted by atomic mass is 10.2. The molecular weight excluding hydrogens is 334 g/mol. The Bertz CT molecular complexity index is 795. The van der Waals surface area contributed by atoms with Gasteiger partial charge in [0.05, 0.1) is 5.39 Å². The van der Waals surface area contributed by atoms with E-state index in [9.17, 15) is 0 Å². The van der Waals surface area contributed by atoms with Crippen LogP contribution in [0.5, 0.6) is 0 Å². The van der Waals surface area contributed by atoms with Crippen molar-refractivity contribution in [1.29, 1.82) is 0 Å². The van der Waals surface area contributed by atoms with Crippen molar-refractivity contribution >= 4 is 49.0 Å². The second-order valence-corrected chi connectivity index (χ2v) is 6.83. The average molecular weight is 348 g/mol. The Morgan fingerprint density at radius 3 is 2.70 bits per heavy atom. The molecule has 3 nitrogen and oxygen atoms in total. The number of nitrogens with zero attached hydrogens (tertiary/aromatic N) is 2. The molecule has 0 spiro atoms. The smallest absolute Gasteiger partial charge is 0.142 e. The molecule has 0 bridgehead atoms. The van der Waals surface area contributed by atoms with Crippen LogP contribution in [-0.4, -0.2) is 9.97 Å². The molecule has 2 heterocycles. The molecule has 20 heavy (non-hydrogen) atoms. The number of rotatable bonds is 2. The molecule has 2 aromatic heterocycles. The normalized spacial score (nSPS) is 11.0. The van der Waals surface area contributed by atoms with Crippen LogP contribution >= 0.6 is 27.3 Å². The van der Waals surface area contributed by atoms with Crippen molar-refractivity contribution in [3.05, 3.63) is 45.0 Å². The van der Waals surface area contributed by atoms with Gasteiger partial charge in [0.1, 0.15) is 17.0 Å². The van der Waals surface area contributed by atoms with Gasteiger partial charge in [-0.05, 0) is 44.0 Å². The van der Waals surface area contributed by atoms with Gasteiger partial charge in [-0.1, -0.05) is 22.0 Å². The van der Waals surface area contributed by atoms with E-state index in [0.29, 0.717) is 0 Å². The van der Waals surface area contributed by atoms with Crippen molar-refractivity contribution in [1.82, 2.24) is 9.97 Å². The van der Waals surface area contributed by atoms with E-state index in [1.807, 2.05) is 0 Å². The molecule has 0 saturated carbocycles. The number of fused-ring (bicyclic) bond motifs is 1. The summed E-state index contributed by atoms with van der Waals surface area (Å²) in [6.07, 6.45) is 1.61. The molecule has 1 N–H and O–H groups in total. The molecule has 102 valence electrons. The summed E-state index contributed by atoms with van der Waals surface area (Å²) >= 11 is 5.27. The number of hydrogen-bond donors (Lipinski definition) is 1. The van der Waals surface area contributed by atoms with Crippen LogP contribution in [0.1, 0.15) is 16.0 Å². The molecule has 5 heteroatoms. The first kappa shape index (κ1) is 13.5. The maximum absolute atomic E-state index is 4.40. The van der Waals surface area contributed by atoms with E-state index in [-0.39, 0.29) is 0 Å². The van der Waals surface area contributed by atoms with Gasteiger partial charge in [-0.25, -0.2) is 9.97 Å². The maximum atomic E-state index is 4.40. The van der Waals surface area contributed by atoms with Crippen molar-refractivity contribution < 1.29 is 0 Å². The zero-order chi connectivity index (χ0) is 14.3. The maximum Gasteiger partial charge on any atom is 0.142 e. The molecule has 0 saturated heterocycles. The molecule has 0 amide bonds. The van der Waals surface area contributed by atoms with Crippen molar-refractivity contribution in [2.75, 3.05) is 5.32 Å². The Balaban J connectivity index is 2.08. The summed E-state index contributed by atoms with van der Waals surface area (Å²) in [5, 5.41) is 4.51. The fourth-order valence-electron chi connectivity index (χ4n) is 2.08. The van der Waals surface area contributed by atoms with Gasteiger partial charge in [0.15, 0.2) is 0 Å². The number of nitrogens with one attached hydrogen (secondary N) is 1. The van der Waals surface area contributed by atoms with Gasteiger partial charge in [0, 0.05) is 15.0 Å². The summed E-state index contributed by atoms with van der Waals surface area (Å²) in [6.45, 7) is 6.31. The monoisotopic (exact) mass is 347 g/mol. The molecule has 0 atom stereocenters. The summed E-state index contributed by atoms with van der Waals surface area (Å²) in [7, 11) is 0. The number of hydrogen-bond acceptors (Lipinski definition) is 4. The second kappa shape index (κ2) is 5.14. The lowest BCUT2D eigenvalue weighted by Crippen LogP contribution is -1.96. The molecule has 0 radical (unpaired) electrons. The number of aromatic nitrogens is 2. The van der Waals surface area contributed by atoms with E-state index < -0.39 is 0 Å². The van der Waals surface area contributed by atoms with E-state index in [4.69, 9.17) is 0 Å². The highest BCUT2D eigenvalue weighted by Crippen LogP contribution is 2.34. The first-order chi connectivity index (χ1) is 9.56. The van der Waals surface area contributed by atoms with Gasteiger partial charge < -0.3 is 5.32 Å². The predicted octanol–water partition coefficient (Wildman–Crippen LogP) is 5.12. The van der Waals surface area contributed by atoms with Gasteiger partial charge in [0.2, 0.25) is 0 Å². The highest BCUT2D eigenvalue weighted by atomic mass is 79.9. The minimum absolute atomic E-state index is 0.868. The van der Waals surface area contributed by atoms with Gasteiger partial charge in [0.25, 0.3) is 0 Å². The largest absolute Gasteiger partial charge is 0.340 e. The van der Waals surface area contributed by atoms with Crippen LogP contribution in [0.3, 0.4) is 0 Å². The van der Waals surface area contributed by atoms with Gasteiger partial charge in [-0.2, -0.15) is 0 Å². The molecule has 0 unspecified atom stereocenters. The quantitative estimate of drug-likeness (QED) is 0.698. The highest BCUT2D eigenvalue weighted by Gasteiger charge is 2.12. The molecule has 0 aliphatic heterocycles. The molecule has 0 aliphatic rings. The molecule has 1 aromatic carbocycles. The van der Waals surface area contributed by atoms with E-state index in [1.165, 1.54) is 16.0 Å². The zero-order valence-corrected chi connectivity index (χ0v) is 13.9. The predicted molar refractivity (Wildman–Crippen MR) is 89.1 cm³/mol. The number of benzene rings is 1. The van der Waals surface area contributed by atoms with Crippen molar-refractivity contribution in [2.24, 2.45) is 0 Å². The van der Waals surface area contributed by atoms with Crippen LogP contribution in [0.25, 0.3) is 10.2 Å². The zero-order valence-electron chi connectivity index (χ0n) is 11.5. The fraction of sp³-hybridized carbons (Fsp3) is 0.200. The third kappa shape index (κ3) is 2.31.